The minimum Gasteiger partial charge on any atom is -0.444 e. The molecule has 4 aliphatic heterocycles. The molecule has 0 bridgehead atoms. The van der Waals surface area contributed by atoms with E-state index in [9.17, 15) is 4.79 Å². The first-order valence-electron chi connectivity index (χ1n) is 11.5. The number of likely N-dealkylation sites (tertiary alicyclic amines) is 1. The number of carbonyl (C=O) groups excluding carboxylic acids is 1. The lowest BCUT2D eigenvalue weighted by Gasteiger charge is -2.47. The van der Waals surface area contributed by atoms with E-state index in [-0.39, 0.29) is 11.6 Å². The molecule has 2 N–H and O–H groups in total. The van der Waals surface area contributed by atoms with Gasteiger partial charge in [-0.15, -0.1) is 0 Å². The lowest BCUT2D eigenvalue weighted by atomic mass is 9.87. The maximum absolute atomic E-state index is 11.9. The Hall–Kier alpha value is -0.930. The zero-order valence-corrected chi connectivity index (χ0v) is 19.4. The van der Waals surface area contributed by atoms with Crippen LogP contribution in [0.15, 0.2) is 0 Å². The molecule has 0 aromatic rings. The number of hydrogen-bond acceptors (Lipinski definition) is 7. The van der Waals surface area contributed by atoms with Crippen LogP contribution in [0.5, 0.6) is 0 Å². The zero-order valence-electron chi connectivity index (χ0n) is 19.4. The van der Waals surface area contributed by atoms with E-state index in [0.29, 0.717) is 5.54 Å². The van der Waals surface area contributed by atoms with E-state index in [1.807, 2.05) is 20.8 Å². The summed E-state index contributed by atoms with van der Waals surface area (Å²) in [5.41, 5.74) is 0.0265. The molecule has 0 aromatic carbocycles. The molecule has 4 heterocycles. The van der Waals surface area contributed by atoms with Crippen LogP contribution in [0.4, 0.5) is 4.79 Å². The summed E-state index contributed by atoms with van der Waals surface area (Å²) < 4.78 is 16.5. The number of rotatable bonds is 0. The van der Waals surface area contributed by atoms with E-state index < -0.39 is 5.60 Å². The Morgan fingerprint density at radius 3 is 2.17 bits per heavy atom. The summed E-state index contributed by atoms with van der Waals surface area (Å²) in [5.74, 6) is 0. The summed E-state index contributed by atoms with van der Waals surface area (Å²) in [5, 5.41) is 6.93. The Morgan fingerprint density at radius 1 is 0.933 bits per heavy atom. The molecule has 0 aromatic heterocycles. The fourth-order valence-corrected chi connectivity index (χ4v) is 4.70. The second-order valence-corrected chi connectivity index (χ2v) is 10.2. The SMILES string of the molecule is CC(C)(C)OC(=O)N1CCC2(CC1)COCCN2.CN1CCOCC12CCNCC2. The summed E-state index contributed by atoms with van der Waals surface area (Å²) >= 11 is 0. The molecule has 4 fully saturated rings. The molecule has 1 amide bonds. The van der Waals surface area contributed by atoms with Crippen molar-refractivity contribution >= 4 is 6.09 Å². The van der Waals surface area contributed by atoms with E-state index in [1.54, 1.807) is 4.90 Å². The molecule has 0 atom stereocenters. The average molecular weight is 427 g/mol. The molecule has 30 heavy (non-hydrogen) atoms. The predicted octanol–water partition coefficient (Wildman–Crippen LogP) is 1.45. The van der Waals surface area contributed by atoms with Crippen molar-refractivity contribution in [3.05, 3.63) is 0 Å². The molecule has 0 unspecified atom stereocenters. The van der Waals surface area contributed by atoms with Crippen LogP contribution in [0.25, 0.3) is 0 Å². The quantitative estimate of drug-likeness (QED) is 0.607. The number of piperidine rings is 2. The van der Waals surface area contributed by atoms with Gasteiger partial charge in [0.15, 0.2) is 0 Å². The van der Waals surface area contributed by atoms with Gasteiger partial charge in [-0.2, -0.15) is 0 Å². The largest absolute Gasteiger partial charge is 0.444 e. The summed E-state index contributed by atoms with van der Waals surface area (Å²) in [4.78, 5) is 16.2. The molecule has 4 saturated heterocycles. The average Bonchev–Trinajstić information content (AvgIpc) is 2.71. The lowest BCUT2D eigenvalue weighted by Crippen LogP contribution is -2.60. The van der Waals surface area contributed by atoms with Gasteiger partial charge in [-0.05, 0) is 66.6 Å². The highest BCUT2D eigenvalue weighted by Gasteiger charge is 2.39. The van der Waals surface area contributed by atoms with Crippen LogP contribution in [0.1, 0.15) is 46.5 Å². The van der Waals surface area contributed by atoms with Crippen LogP contribution >= 0.6 is 0 Å². The molecule has 8 nitrogen and oxygen atoms in total. The van der Waals surface area contributed by atoms with Crippen molar-refractivity contribution in [2.75, 3.05) is 72.7 Å². The normalized spacial score (nSPS) is 26.7. The van der Waals surface area contributed by atoms with Gasteiger partial charge in [-0.1, -0.05) is 0 Å². The van der Waals surface area contributed by atoms with E-state index in [2.05, 4.69) is 22.6 Å². The zero-order chi connectivity index (χ0) is 21.7. The molecule has 174 valence electrons. The Balaban J connectivity index is 0.000000184. The second kappa shape index (κ2) is 10.1. The van der Waals surface area contributed by atoms with Gasteiger partial charge in [-0.3, -0.25) is 4.90 Å². The molecule has 0 radical (unpaired) electrons. The van der Waals surface area contributed by atoms with Crippen LogP contribution in [0, 0.1) is 0 Å². The lowest BCUT2D eigenvalue weighted by molar-refractivity contribution is -0.0694. The molecule has 4 rings (SSSR count). The molecule has 2 spiro atoms. The summed E-state index contributed by atoms with van der Waals surface area (Å²) in [6.07, 6.45) is 4.15. The van der Waals surface area contributed by atoms with Crippen LogP contribution < -0.4 is 10.6 Å². The third-order valence-electron chi connectivity index (χ3n) is 6.78. The number of hydrogen-bond donors (Lipinski definition) is 2. The maximum atomic E-state index is 11.9. The predicted molar refractivity (Wildman–Crippen MR) is 117 cm³/mol. The Kier molecular flexibility index (Phi) is 8.01. The van der Waals surface area contributed by atoms with Gasteiger partial charge in [0, 0.05) is 37.3 Å². The fourth-order valence-electron chi connectivity index (χ4n) is 4.70. The highest BCUT2D eigenvalue weighted by molar-refractivity contribution is 5.68. The van der Waals surface area contributed by atoms with Gasteiger partial charge < -0.3 is 29.7 Å². The number of carbonyl (C=O) groups is 1. The number of amides is 1. The molecule has 0 aliphatic carbocycles. The molecular weight excluding hydrogens is 384 g/mol. The van der Waals surface area contributed by atoms with Gasteiger partial charge in [0.2, 0.25) is 0 Å². The van der Waals surface area contributed by atoms with Crippen LogP contribution in [-0.4, -0.2) is 105 Å². The molecular formula is C22H42N4O4. The first kappa shape index (κ1) is 23.7. The second-order valence-electron chi connectivity index (χ2n) is 10.2. The first-order valence-corrected chi connectivity index (χ1v) is 11.5. The molecule has 4 aliphatic rings. The third kappa shape index (κ3) is 6.29. The smallest absolute Gasteiger partial charge is 0.410 e. The molecule has 8 heteroatoms. The Bertz CT molecular complexity index is 536. The van der Waals surface area contributed by atoms with Crippen LogP contribution in [0.2, 0.25) is 0 Å². The van der Waals surface area contributed by atoms with Crippen molar-refractivity contribution in [3.63, 3.8) is 0 Å². The van der Waals surface area contributed by atoms with E-state index >= 15 is 0 Å². The van der Waals surface area contributed by atoms with Crippen molar-refractivity contribution < 1.29 is 19.0 Å². The van der Waals surface area contributed by atoms with Crippen molar-refractivity contribution in [1.29, 1.82) is 0 Å². The highest BCUT2D eigenvalue weighted by Crippen LogP contribution is 2.28. The van der Waals surface area contributed by atoms with E-state index in [1.165, 1.54) is 12.8 Å². The third-order valence-corrected chi connectivity index (χ3v) is 6.78. The number of nitrogens with zero attached hydrogens (tertiary/aromatic N) is 2. The minimum absolute atomic E-state index is 0.0801. The van der Waals surface area contributed by atoms with E-state index in [0.717, 1.165) is 78.5 Å². The number of ether oxygens (including phenoxy) is 3. The summed E-state index contributed by atoms with van der Waals surface area (Å²) in [6.45, 7) is 14.9. The standard InChI is InChI=1S/C13H24N2O3.C9H18N2O/c1-12(2,3)18-11(16)15-7-4-13(5-8-15)10-17-9-6-14-13;1-11-6-7-12-8-9(11)2-4-10-5-3-9/h14H,4-10H2,1-3H3;10H,2-8H2,1H3. The monoisotopic (exact) mass is 426 g/mol. The topological polar surface area (TPSA) is 75.3 Å². The van der Waals surface area contributed by atoms with Gasteiger partial charge >= 0.3 is 6.09 Å². The van der Waals surface area contributed by atoms with Crippen molar-refractivity contribution in [1.82, 2.24) is 20.4 Å². The van der Waals surface area contributed by atoms with Crippen molar-refractivity contribution in [3.8, 4) is 0 Å². The van der Waals surface area contributed by atoms with Crippen LogP contribution in [0.3, 0.4) is 0 Å². The van der Waals surface area contributed by atoms with Crippen molar-refractivity contribution in [2.45, 2.75) is 63.1 Å². The van der Waals surface area contributed by atoms with E-state index in [4.69, 9.17) is 14.2 Å². The number of morpholine rings is 2. The van der Waals surface area contributed by atoms with Gasteiger partial charge in [0.25, 0.3) is 0 Å². The number of likely N-dealkylation sites (N-methyl/N-ethyl adjacent to an activating group) is 1. The van der Waals surface area contributed by atoms with Gasteiger partial charge in [-0.25, -0.2) is 4.79 Å². The maximum Gasteiger partial charge on any atom is 0.410 e. The summed E-state index contributed by atoms with van der Waals surface area (Å²) in [7, 11) is 2.23. The molecule has 0 saturated carbocycles. The highest BCUT2D eigenvalue weighted by atomic mass is 16.6. The number of nitrogens with one attached hydrogen (secondary N) is 2. The Morgan fingerprint density at radius 2 is 1.60 bits per heavy atom. The van der Waals surface area contributed by atoms with Gasteiger partial charge in [0.05, 0.1) is 26.4 Å². The van der Waals surface area contributed by atoms with Crippen molar-refractivity contribution in [2.24, 2.45) is 0 Å². The van der Waals surface area contributed by atoms with Gasteiger partial charge in [0.1, 0.15) is 5.60 Å². The minimum atomic E-state index is -0.418. The first-order chi connectivity index (χ1) is 14.2. The van der Waals surface area contributed by atoms with Crippen LogP contribution in [-0.2, 0) is 14.2 Å². The Labute approximate surface area is 182 Å². The fraction of sp³-hybridized carbons (Fsp3) is 0.955. The summed E-state index contributed by atoms with van der Waals surface area (Å²) in [6, 6.07) is 0.